The quantitative estimate of drug-likeness (QED) is 0.148. The summed E-state index contributed by atoms with van der Waals surface area (Å²) in [7, 11) is 0. The van der Waals surface area contributed by atoms with E-state index in [0.717, 1.165) is 99.9 Å². The highest BCUT2D eigenvalue weighted by Crippen LogP contribution is 2.42. The Morgan fingerprint density at radius 2 is 0.553 bits per heavy atom. The monoisotopic (exact) mass is 964 g/mol. The molecule has 0 saturated heterocycles. The minimum atomic E-state index is 0.671. The van der Waals surface area contributed by atoms with E-state index in [9.17, 15) is 0 Å². The molecule has 0 radical (unpaired) electrons. The maximum atomic E-state index is 5.37. The summed E-state index contributed by atoms with van der Waals surface area (Å²) in [6.45, 7) is 0. The number of nitrogens with zero attached hydrogens (tertiary/aromatic N) is 6. The summed E-state index contributed by atoms with van der Waals surface area (Å²) in [6.07, 6.45) is 3.70. The fourth-order valence-corrected chi connectivity index (χ4v) is 11.9. The zero-order chi connectivity index (χ0) is 49.8. The van der Waals surface area contributed by atoms with Gasteiger partial charge in [-0.05, 0) is 112 Å². The smallest absolute Gasteiger partial charge is 0.161 e. The molecule has 16 aromatic rings. The molecule has 0 atom stereocenters. The first-order valence-electron chi connectivity index (χ1n) is 25.7. The van der Waals surface area contributed by atoms with Crippen molar-refractivity contribution in [3.8, 4) is 78.9 Å². The fraction of sp³-hybridized carbons (Fsp3) is 0. The Balaban J connectivity index is 0.796. The molecule has 0 fully saturated rings. The molecule has 0 aliphatic carbocycles. The zero-order valence-electron chi connectivity index (χ0n) is 40.8. The number of fused-ring (bicyclic) bond motifs is 2. The van der Waals surface area contributed by atoms with Crippen molar-refractivity contribution in [1.82, 2.24) is 29.9 Å². The molecule has 76 heavy (non-hydrogen) atoms. The lowest BCUT2D eigenvalue weighted by molar-refractivity contribution is 1.19. The van der Waals surface area contributed by atoms with Crippen molar-refractivity contribution in [2.45, 2.75) is 0 Å². The van der Waals surface area contributed by atoms with Crippen molar-refractivity contribution in [2.75, 3.05) is 0 Å². The second kappa shape index (κ2) is 16.6. The van der Waals surface area contributed by atoms with Crippen molar-refractivity contribution in [1.29, 1.82) is 0 Å². The third-order valence-electron chi connectivity index (χ3n) is 15.5. The van der Waals surface area contributed by atoms with Gasteiger partial charge < -0.3 is 0 Å². The van der Waals surface area contributed by atoms with Gasteiger partial charge in [0.15, 0.2) is 11.6 Å². The van der Waals surface area contributed by atoms with Gasteiger partial charge in [0, 0.05) is 56.5 Å². The van der Waals surface area contributed by atoms with Crippen LogP contribution in [0, 0.1) is 0 Å². The van der Waals surface area contributed by atoms with E-state index >= 15 is 0 Å². The van der Waals surface area contributed by atoms with Gasteiger partial charge in [-0.25, -0.2) is 19.9 Å². The topological polar surface area (TPSA) is 77.3 Å². The predicted octanol–water partition coefficient (Wildman–Crippen LogP) is 17.8. The lowest BCUT2D eigenvalue weighted by Gasteiger charge is -2.15. The molecule has 6 heteroatoms. The first-order valence-corrected chi connectivity index (χ1v) is 25.7. The van der Waals surface area contributed by atoms with E-state index in [0.29, 0.717) is 11.6 Å². The SMILES string of the molecule is c1cnc2c(-c3cc(-c4ccc(-c5ccc(-c6cc(-c7cccc8cccnc78)nc(-c7ccc8ccc9cccc%10ccc7c8c9%10)n6)cc5)cc4)nc(-c4ccc5ccc6cccc7ccc4c5c67)n3)cccc2c1. The van der Waals surface area contributed by atoms with Crippen LogP contribution in [0.2, 0.25) is 0 Å². The van der Waals surface area contributed by atoms with Gasteiger partial charge in [-0.15, -0.1) is 0 Å². The van der Waals surface area contributed by atoms with Gasteiger partial charge in [-0.2, -0.15) is 0 Å². The van der Waals surface area contributed by atoms with Crippen molar-refractivity contribution in [3.05, 3.63) is 243 Å². The van der Waals surface area contributed by atoms with E-state index in [-0.39, 0.29) is 0 Å². The summed E-state index contributed by atoms with van der Waals surface area (Å²) in [5, 5.41) is 16.7. The Labute approximate surface area is 436 Å². The minimum Gasteiger partial charge on any atom is -0.256 e. The Bertz CT molecular complexity index is 4630. The molecule has 0 aliphatic heterocycles. The molecule has 0 bridgehead atoms. The van der Waals surface area contributed by atoms with E-state index < -0.39 is 0 Å². The summed E-state index contributed by atoms with van der Waals surface area (Å²) < 4.78 is 0. The maximum Gasteiger partial charge on any atom is 0.161 e. The van der Waals surface area contributed by atoms with Crippen molar-refractivity contribution in [3.63, 3.8) is 0 Å². The molecule has 350 valence electrons. The Morgan fingerprint density at radius 1 is 0.224 bits per heavy atom. The second-order valence-corrected chi connectivity index (χ2v) is 19.8. The van der Waals surface area contributed by atoms with E-state index in [2.05, 4.69) is 218 Å². The van der Waals surface area contributed by atoms with Crippen LogP contribution in [0.3, 0.4) is 0 Å². The summed E-state index contributed by atoms with van der Waals surface area (Å²) in [6, 6.07) is 81.9. The Morgan fingerprint density at radius 3 is 0.987 bits per heavy atom. The first-order chi connectivity index (χ1) is 37.6. The molecular weight excluding hydrogens is 925 g/mol. The van der Waals surface area contributed by atoms with Crippen LogP contribution in [0.1, 0.15) is 0 Å². The number of hydrogen-bond donors (Lipinski definition) is 0. The lowest BCUT2D eigenvalue weighted by Crippen LogP contribution is -1.98. The molecule has 0 amide bonds. The van der Waals surface area contributed by atoms with Gasteiger partial charge in [-0.3, -0.25) is 9.97 Å². The molecule has 0 unspecified atom stereocenters. The molecule has 0 aliphatic rings. The summed E-state index contributed by atoms with van der Waals surface area (Å²) in [5.41, 5.74) is 13.2. The third kappa shape index (κ3) is 6.67. The number of aromatic nitrogens is 6. The van der Waals surface area contributed by atoms with Gasteiger partial charge >= 0.3 is 0 Å². The van der Waals surface area contributed by atoms with E-state index in [1.807, 2.05) is 24.5 Å². The third-order valence-corrected chi connectivity index (χ3v) is 15.5. The summed E-state index contributed by atoms with van der Waals surface area (Å²) in [4.78, 5) is 31.1. The van der Waals surface area contributed by atoms with Crippen molar-refractivity contribution < 1.29 is 0 Å². The lowest BCUT2D eigenvalue weighted by atomic mass is 9.91. The van der Waals surface area contributed by atoms with Crippen LogP contribution in [0.15, 0.2) is 243 Å². The molecule has 0 N–H and O–H groups in total. The predicted molar refractivity (Wildman–Crippen MR) is 314 cm³/mol. The van der Waals surface area contributed by atoms with Crippen molar-refractivity contribution >= 4 is 86.4 Å². The molecule has 16 rings (SSSR count). The van der Waals surface area contributed by atoms with Gasteiger partial charge in [0.1, 0.15) is 0 Å². The maximum absolute atomic E-state index is 5.37. The fourth-order valence-electron chi connectivity index (χ4n) is 11.9. The first kappa shape index (κ1) is 42.2. The number of pyridine rings is 2. The largest absolute Gasteiger partial charge is 0.256 e. The average Bonchev–Trinajstić information content (AvgIpc) is 3.65. The van der Waals surface area contributed by atoms with Crippen LogP contribution in [-0.4, -0.2) is 29.9 Å². The van der Waals surface area contributed by atoms with Crippen LogP contribution in [0.25, 0.3) is 165 Å². The standard InChI is InChI=1S/C70H40N6/c1-7-45-25-27-49-31-35-55(53-33-29-47(9-1)63(45)65(49)53)69-73-59(39-61(75-69)57-15-3-11-51-13-5-37-71-67(51)57)43-21-17-41(18-22-43)42-19-23-44(24-20-42)60-40-62(58-16-4-12-52-14-6-38-72-68(52)58)76-70(74-60)56-36-32-50-28-26-46-8-2-10-48-30-34-54(56)66(50)64(46)48/h1-40H. The number of para-hydroxylation sites is 2. The molecule has 12 aromatic carbocycles. The summed E-state index contributed by atoms with van der Waals surface area (Å²) >= 11 is 0. The van der Waals surface area contributed by atoms with E-state index in [4.69, 9.17) is 29.9 Å². The number of benzene rings is 12. The molecule has 0 spiro atoms. The van der Waals surface area contributed by atoms with Gasteiger partial charge in [0.25, 0.3) is 0 Å². The molecule has 4 aromatic heterocycles. The molecule has 6 nitrogen and oxygen atoms in total. The number of hydrogen-bond acceptors (Lipinski definition) is 6. The van der Waals surface area contributed by atoms with Crippen LogP contribution in [0.4, 0.5) is 0 Å². The van der Waals surface area contributed by atoms with Crippen molar-refractivity contribution in [2.24, 2.45) is 0 Å². The Kier molecular flexibility index (Phi) is 9.23. The van der Waals surface area contributed by atoms with Gasteiger partial charge in [0.05, 0.1) is 33.8 Å². The van der Waals surface area contributed by atoms with Crippen LogP contribution < -0.4 is 0 Å². The number of rotatable bonds is 7. The summed E-state index contributed by atoms with van der Waals surface area (Å²) in [5.74, 6) is 1.34. The molecule has 0 saturated carbocycles. The zero-order valence-corrected chi connectivity index (χ0v) is 40.8. The highest BCUT2D eigenvalue weighted by Gasteiger charge is 2.20. The highest BCUT2D eigenvalue weighted by molar-refractivity contribution is 6.26. The van der Waals surface area contributed by atoms with Crippen LogP contribution >= 0.6 is 0 Å². The van der Waals surface area contributed by atoms with E-state index in [1.54, 1.807) is 0 Å². The van der Waals surface area contributed by atoms with Crippen LogP contribution in [0.5, 0.6) is 0 Å². The minimum absolute atomic E-state index is 0.671. The normalized spacial score (nSPS) is 11.9. The Hall–Kier alpha value is -10.3. The van der Waals surface area contributed by atoms with E-state index in [1.165, 1.54) is 53.9 Å². The van der Waals surface area contributed by atoms with Crippen LogP contribution in [-0.2, 0) is 0 Å². The van der Waals surface area contributed by atoms with Gasteiger partial charge in [-0.1, -0.05) is 194 Å². The molecule has 4 heterocycles. The highest BCUT2D eigenvalue weighted by atomic mass is 14.9. The van der Waals surface area contributed by atoms with Gasteiger partial charge in [0.2, 0.25) is 0 Å². The second-order valence-electron chi connectivity index (χ2n) is 19.8. The average molecular weight is 965 g/mol. The molecular formula is C70H40N6.